The van der Waals surface area contributed by atoms with Crippen molar-refractivity contribution < 1.29 is 4.79 Å². The first kappa shape index (κ1) is 11.6. The highest BCUT2D eigenvalue weighted by Gasteiger charge is 2.39. The fourth-order valence-corrected chi connectivity index (χ4v) is 2.31. The SMILES string of the molecule is C[C@H]1C[C@@H]1C(=O)Nc1ccc2cc(Br)cnc2n1. The molecule has 1 aliphatic carbocycles. The molecule has 4 nitrogen and oxygen atoms in total. The standard InChI is InChI=1S/C13H12BrN3O/c1-7-4-10(7)13(18)17-11-3-2-8-5-9(14)6-15-12(8)16-11/h2-3,5-7,10H,4H2,1H3,(H,15,16,17,18)/t7-,10-/m0/s1. The second-order valence-electron chi connectivity index (χ2n) is 4.71. The number of hydrogen-bond donors (Lipinski definition) is 1. The number of carbonyl (C=O) groups is 1. The van der Waals surface area contributed by atoms with Crippen LogP contribution in [0.2, 0.25) is 0 Å². The summed E-state index contributed by atoms with van der Waals surface area (Å²) in [5.74, 6) is 1.28. The van der Waals surface area contributed by atoms with Gasteiger partial charge in [0, 0.05) is 22.0 Å². The number of anilines is 1. The van der Waals surface area contributed by atoms with Crippen LogP contribution in [-0.2, 0) is 4.79 Å². The molecule has 2 aromatic rings. The molecule has 0 bridgehead atoms. The zero-order chi connectivity index (χ0) is 12.7. The monoisotopic (exact) mass is 305 g/mol. The lowest BCUT2D eigenvalue weighted by Gasteiger charge is -2.04. The van der Waals surface area contributed by atoms with Crippen LogP contribution in [0.3, 0.4) is 0 Å². The van der Waals surface area contributed by atoms with Gasteiger partial charge in [-0.1, -0.05) is 6.92 Å². The number of carbonyl (C=O) groups excluding carboxylic acids is 1. The predicted molar refractivity (Wildman–Crippen MR) is 73.1 cm³/mol. The molecular formula is C13H12BrN3O. The second kappa shape index (κ2) is 4.31. The number of nitrogens with zero attached hydrogens (tertiary/aromatic N) is 2. The van der Waals surface area contributed by atoms with Crippen molar-refractivity contribution in [3.05, 3.63) is 28.9 Å². The molecular weight excluding hydrogens is 294 g/mol. The van der Waals surface area contributed by atoms with E-state index in [4.69, 9.17) is 0 Å². The first-order valence-electron chi connectivity index (χ1n) is 5.86. The predicted octanol–water partition coefficient (Wildman–Crippen LogP) is 2.99. The second-order valence-corrected chi connectivity index (χ2v) is 5.62. The van der Waals surface area contributed by atoms with Gasteiger partial charge in [0.05, 0.1) is 0 Å². The summed E-state index contributed by atoms with van der Waals surface area (Å²) in [6, 6.07) is 5.66. The lowest BCUT2D eigenvalue weighted by Crippen LogP contribution is -2.15. The maximum absolute atomic E-state index is 11.8. The van der Waals surface area contributed by atoms with Gasteiger partial charge in [0.25, 0.3) is 0 Å². The van der Waals surface area contributed by atoms with Crippen LogP contribution in [0, 0.1) is 11.8 Å². The van der Waals surface area contributed by atoms with E-state index in [0.29, 0.717) is 17.4 Å². The van der Waals surface area contributed by atoms with Crippen molar-refractivity contribution in [1.29, 1.82) is 0 Å². The molecule has 3 rings (SSSR count). The molecule has 1 amide bonds. The molecule has 0 unspecified atom stereocenters. The topological polar surface area (TPSA) is 54.9 Å². The number of fused-ring (bicyclic) bond motifs is 1. The maximum Gasteiger partial charge on any atom is 0.228 e. The van der Waals surface area contributed by atoms with Gasteiger partial charge in [-0.25, -0.2) is 9.97 Å². The van der Waals surface area contributed by atoms with E-state index in [-0.39, 0.29) is 11.8 Å². The van der Waals surface area contributed by atoms with E-state index in [1.807, 2.05) is 12.1 Å². The first-order valence-corrected chi connectivity index (χ1v) is 6.66. The van der Waals surface area contributed by atoms with E-state index in [1.165, 1.54) is 0 Å². The van der Waals surface area contributed by atoms with Crippen molar-refractivity contribution in [3.8, 4) is 0 Å². The zero-order valence-corrected chi connectivity index (χ0v) is 11.4. The Morgan fingerprint density at radius 2 is 2.28 bits per heavy atom. The molecule has 1 aliphatic rings. The molecule has 0 aliphatic heterocycles. The van der Waals surface area contributed by atoms with Crippen LogP contribution in [0.25, 0.3) is 11.0 Å². The Balaban J connectivity index is 1.84. The fraction of sp³-hybridized carbons (Fsp3) is 0.308. The van der Waals surface area contributed by atoms with Crippen molar-refractivity contribution in [3.63, 3.8) is 0 Å². The first-order chi connectivity index (χ1) is 8.63. The number of rotatable bonds is 2. The molecule has 5 heteroatoms. The summed E-state index contributed by atoms with van der Waals surface area (Å²) >= 11 is 3.37. The number of nitrogens with one attached hydrogen (secondary N) is 1. The van der Waals surface area contributed by atoms with Gasteiger partial charge in [0.1, 0.15) is 5.82 Å². The Labute approximate surface area is 113 Å². The van der Waals surface area contributed by atoms with Crippen LogP contribution in [0.5, 0.6) is 0 Å². The van der Waals surface area contributed by atoms with Crippen molar-refractivity contribution in [1.82, 2.24) is 9.97 Å². The molecule has 1 N–H and O–H groups in total. The highest BCUT2D eigenvalue weighted by atomic mass is 79.9. The average molecular weight is 306 g/mol. The molecule has 0 spiro atoms. The number of pyridine rings is 2. The molecule has 2 heterocycles. The largest absolute Gasteiger partial charge is 0.310 e. The Hall–Kier alpha value is -1.49. The minimum Gasteiger partial charge on any atom is -0.310 e. The van der Waals surface area contributed by atoms with E-state index in [1.54, 1.807) is 12.3 Å². The number of amides is 1. The molecule has 2 aromatic heterocycles. The Morgan fingerprint density at radius 1 is 1.50 bits per heavy atom. The van der Waals surface area contributed by atoms with Gasteiger partial charge in [-0.2, -0.15) is 0 Å². The Kier molecular flexibility index (Phi) is 2.78. The third kappa shape index (κ3) is 2.22. The Bertz CT molecular complexity index is 629. The van der Waals surface area contributed by atoms with E-state index in [9.17, 15) is 4.79 Å². The third-order valence-electron chi connectivity index (χ3n) is 3.21. The zero-order valence-electron chi connectivity index (χ0n) is 9.85. The third-order valence-corrected chi connectivity index (χ3v) is 3.64. The molecule has 92 valence electrons. The van der Waals surface area contributed by atoms with Gasteiger partial charge in [-0.05, 0) is 46.5 Å². The van der Waals surface area contributed by atoms with Crippen molar-refractivity contribution >= 4 is 38.7 Å². The van der Waals surface area contributed by atoms with Gasteiger partial charge < -0.3 is 5.32 Å². The van der Waals surface area contributed by atoms with Crippen LogP contribution in [-0.4, -0.2) is 15.9 Å². The van der Waals surface area contributed by atoms with Crippen molar-refractivity contribution in [2.45, 2.75) is 13.3 Å². The van der Waals surface area contributed by atoms with E-state index >= 15 is 0 Å². The van der Waals surface area contributed by atoms with Gasteiger partial charge >= 0.3 is 0 Å². The number of aromatic nitrogens is 2. The molecule has 0 radical (unpaired) electrons. The molecule has 0 saturated heterocycles. The van der Waals surface area contributed by atoms with Crippen LogP contribution >= 0.6 is 15.9 Å². The van der Waals surface area contributed by atoms with Crippen molar-refractivity contribution in [2.75, 3.05) is 5.32 Å². The van der Waals surface area contributed by atoms with Gasteiger partial charge in [-0.15, -0.1) is 0 Å². The molecule has 0 aromatic carbocycles. The van der Waals surface area contributed by atoms with E-state index < -0.39 is 0 Å². The summed E-state index contributed by atoms with van der Waals surface area (Å²) in [4.78, 5) is 20.3. The summed E-state index contributed by atoms with van der Waals surface area (Å²) in [6.45, 7) is 2.08. The summed E-state index contributed by atoms with van der Waals surface area (Å²) in [7, 11) is 0. The van der Waals surface area contributed by atoms with Gasteiger partial charge in [0.15, 0.2) is 5.65 Å². The van der Waals surface area contributed by atoms with Crippen LogP contribution < -0.4 is 5.32 Å². The lowest BCUT2D eigenvalue weighted by atomic mass is 10.3. The minimum absolute atomic E-state index is 0.0615. The summed E-state index contributed by atoms with van der Waals surface area (Å²) in [5.41, 5.74) is 0.639. The average Bonchev–Trinajstić information content (AvgIpc) is 3.07. The quantitative estimate of drug-likeness (QED) is 0.928. The Morgan fingerprint density at radius 3 is 3.00 bits per heavy atom. The van der Waals surface area contributed by atoms with Crippen LogP contribution in [0.15, 0.2) is 28.9 Å². The van der Waals surface area contributed by atoms with E-state index in [2.05, 4.69) is 38.1 Å². The minimum atomic E-state index is 0.0615. The maximum atomic E-state index is 11.8. The van der Waals surface area contributed by atoms with Gasteiger partial charge in [0.2, 0.25) is 5.91 Å². The molecule has 1 fully saturated rings. The fourth-order valence-electron chi connectivity index (χ4n) is 1.96. The lowest BCUT2D eigenvalue weighted by molar-refractivity contribution is -0.117. The molecule has 18 heavy (non-hydrogen) atoms. The van der Waals surface area contributed by atoms with Gasteiger partial charge in [-0.3, -0.25) is 4.79 Å². The van der Waals surface area contributed by atoms with Crippen LogP contribution in [0.1, 0.15) is 13.3 Å². The normalized spacial score (nSPS) is 21.9. The van der Waals surface area contributed by atoms with Crippen LogP contribution in [0.4, 0.5) is 5.82 Å². The summed E-state index contributed by atoms with van der Waals surface area (Å²) in [5, 5.41) is 3.79. The number of hydrogen-bond acceptors (Lipinski definition) is 3. The summed E-state index contributed by atoms with van der Waals surface area (Å²) < 4.78 is 0.917. The highest BCUT2D eigenvalue weighted by Crippen LogP contribution is 2.38. The summed E-state index contributed by atoms with van der Waals surface area (Å²) in [6.07, 6.45) is 2.68. The number of halogens is 1. The molecule has 1 saturated carbocycles. The smallest absolute Gasteiger partial charge is 0.228 e. The molecule has 2 atom stereocenters. The van der Waals surface area contributed by atoms with E-state index in [0.717, 1.165) is 16.3 Å². The highest BCUT2D eigenvalue weighted by molar-refractivity contribution is 9.10. The van der Waals surface area contributed by atoms with Crippen molar-refractivity contribution in [2.24, 2.45) is 11.8 Å².